The number of hydrogen-bond acceptors (Lipinski definition) is 7. The fraction of sp³-hybridized carbons (Fsp3) is 0.222. The Hall–Kier alpha value is -2.85. The molecule has 0 aliphatic heterocycles. The van der Waals surface area contributed by atoms with Gasteiger partial charge in [0.15, 0.2) is 10.9 Å². The Morgan fingerprint density at radius 3 is 2.46 bits per heavy atom. The van der Waals surface area contributed by atoms with E-state index < -0.39 is 4.92 Å². The van der Waals surface area contributed by atoms with Crippen molar-refractivity contribution in [2.45, 2.75) is 23.9 Å². The number of nitrogens with one attached hydrogen (secondary N) is 1. The molecule has 146 valence electrons. The lowest BCUT2D eigenvalue weighted by atomic mass is 10.1. The second-order valence-electron chi connectivity index (χ2n) is 5.95. The van der Waals surface area contributed by atoms with E-state index in [1.807, 2.05) is 32.0 Å². The van der Waals surface area contributed by atoms with Crippen LogP contribution >= 0.6 is 24.0 Å². The number of ether oxygens (including phenoxy) is 2. The first-order valence-electron chi connectivity index (χ1n) is 8.19. The summed E-state index contributed by atoms with van der Waals surface area (Å²) in [6.07, 6.45) is 0. The molecular weight excluding hydrogens is 400 g/mol. The molecule has 2 aromatic carbocycles. The number of aromatic nitrogens is 3. The number of benzene rings is 2. The topological polar surface area (TPSA) is 95.2 Å². The molecule has 0 saturated heterocycles. The minimum atomic E-state index is -0.513. The molecule has 3 aromatic rings. The molecule has 8 nitrogen and oxygen atoms in total. The van der Waals surface area contributed by atoms with Crippen LogP contribution in [0.3, 0.4) is 0 Å². The maximum Gasteiger partial charge on any atom is 0.314 e. The van der Waals surface area contributed by atoms with Gasteiger partial charge in [0, 0.05) is 6.07 Å². The van der Waals surface area contributed by atoms with Gasteiger partial charge in [-0.2, -0.15) is 0 Å². The minimum absolute atomic E-state index is 0.139. The lowest BCUT2D eigenvalue weighted by Gasteiger charge is -2.12. The van der Waals surface area contributed by atoms with Crippen LogP contribution in [-0.2, 0) is 0 Å². The van der Waals surface area contributed by atoms with Crippen LogP contribution in [0, 0.1) is 28.7 Å². The van der Waals surface area contributed by atoms with E-state index in [4.69, 9.17) is 21.7 Å². The Bertz CT molecular complexity index is 1110. The van der Waals surface area contributed by atoms with Crippen molar-refractivity contribution in [1.82, 2.24) is 14.8 Å². The molecule has 28 heavy (non-hydrogen) atoms. The van der Waals surface area contributed by atoms with Crippen LogP contribution in [0.5, 0.6) is 11.5 Å². The number of H-pyrrole nitrogens is 1. The molecule has 0 aliphatic carbocycles. The van der Waals surface area contributed by atoms with Gasteiger partial charge in [0.05, 0.1) is 35.8 Å². The van der Waals surface area contributed by atoms with Crippen LogP contribution < -0.4 is 9.47 Å². The number of nitrogens with zero attached hydrogens (tertiary/aromatic N) is 3. The average molecular weight is 419 g/mol. The van der Waals surface area contributed by atoms with E-state index >= 15 is 0 Å². The quantitative estimate of drug-likeness (QED) is 0.354. The van der Waals surface area contributed by atoms with Gasteiger partial charge in [-0.1, -0.05) is 6.07 Å². The maximum absolute atomic E-state index is 11.2. The molecular formula is C18H18N4O4S2. The normalized spacial score (nSPS) is 10.7. The molecule has 0 saturated carbocycles. The molecule has 1 N–H and O–H groups in total. The van der Waals surface area contributed by atoms with E-state index in [1.165, 1.54) is 37.6 Å². The van der Waals surface area contributed by atoms with E-state index in [0.29, 0.717) is 20.6 Å². The average Bonchev–Trinajstić information content (AvgIpc) is 3.03. The third kappa shape index (κ3) is 3.73. The van der Waals surface area contributed by atoms with Crippen molar-refractivity contribution in [3.63, 3.8) is 0 Å². The third-order valence-electron chi connectivity index (χ3n) is 4.25. The zero-order valence-corrected chi connectivity index (χ0v) is 17.3. The van der Waals surface area contributed by atoms with Crippen molar-refractivity contribution in [3.05, 3.63) is 56.3 Å². The van der Waals surface area contributed by atoms with Crippen molar-refractivity contribution >= 4 is 29.7 Å². The summed E-state index contributed by atoms with van der Waals surface area (Å²) >= 11 is 6.67. The largest absolute Gasteiger partial charge is 0.495 e. The Morgan fingerprint density at radius 1 is 1.14 bits per heavy atom. The summed E-state index contributed by atoms with van der Waals surface area (Å²) in [4.78, 5) is 11.4. The number of hydrogen-bond donors (Lipinski definition) is 1. The number of nitro groups is 1. The number of nitro benzene ring substituents is 1. The monoisotopic (exact) mass is 418 g/mol. The second kappa shape index (κ2) is 8.03. The maximum atomic E-state index is 11.2. The van der Waals surface area contributed by atoms with Crippen molar-refractivity contribution in [1.29, 1.82) is 0 Å². The first-order valence-corrected chi connectivity index (χ1v) is 9.41. The summed E-state index contributed by atoms with van der Waals surface area (Å²) in [5.41, 5.74) is 3.01. The lowest BCUT2D eigenvalue weighted by molar-refractivity contribution is -0.385. The highest BCUT2D eigenvalue weighted by Gasteiger charge is 2.22. The molecule has 1 heterocycles. The number of rotatable bonds is 6. The smallest absolute Gasteiger partial charge is 0.314 e. The van der Waals surface area contributed by atoms with Crippen molar-refractivity contribution in [3.8, 4) is 17.2 Å². The predicted octanol–water partition coefficient (Wildman–Crippen LogP) is 4.62. The second-order valence-corrected chi connectivity index (χ2v) is 7.35. The van der Waals surface area contributed by atoms with Gasteiger partial charge in [0.25, 0.3) is 0 Å². The van der Waals surface area contributed by atoms with E-state index in [0.717, 1.165) is 11.3 Å². The molecule has 3 rings (SSSR count). The van der Waals surface area contributed by atoms with E-state index in [9.17, 15) is 10.1 Å². The summed E-state index contributed by atoms with van der Waals surface area (Å²) < 4.78 is 12.8. The van der Waals surface area contributed by atoms with Crippen LogP contribution in [0.15, 0.2) is 40.4 Å². The number of aryl methyl sites for hydroxylation is 2. The third-order valence-corrected chi connectivity index (χ3v) is 5.52. The minimum Gasteiger partial charge on any atom is -0.495 e. The first-order chi connectivity index (χ1) is 13.3. The number of aromatic amines is 1. The molecule has 0 atom stereocenters. The van der Waals surface area contributed by atoms with Gasteiger partial charge in [0.1, 0.15) is 5.75 Å². The summed E-state index contributed by atoms with van der Waals surface area (Å²) in [6.45, 7) is 4.07. The molecule has 0 unspecified atom stereocenters. The zero-order valence-electron chi connectivity index (χ0n) is 15.7. The predicted molar refractivity (Wildman–Crippen MR) is 109 cm³/mol. The lowest BCUT2D eigenvalue weighted by Crippen LogP contribution is -1.99. The molecule has 1 aromatic heterocycles. The van der Waals surface area contributed by atoms with E-state index in [2.05, 4.69) is 10.2 Å². The summed E-state index contributed by atoms with van der Waals surface area (Å²) in [6, 6.07) is 8.90. The van der Waals surface area contributed by atoms with Gasteiger partial charge in [-0.05, 0) is 61.1 Å². The Balaban J connectivity index is 2.09. The highest BCUT2D eigenvalue weighted by molar-refractivity contribution is 7.99. The molecule has 0 amide bonds. The molecule has 0 fully saturated rings. The molecule has 0 spiro atoms. The Morgan fingerprint density at radius 2 is 1.86 bits per heavy atom. The van der Waals surface area contributed by atoms with Crippen molar-refractivity contribution in [2.75, 3.05) is 14.2 Å². The van der Waals surface area contributed by atoms with Crippen molar-refractivity contribution in [2.24, 2.45) is 0 Å². The van der Waals surface area contributed by atoms with Gasteiger partial charge in [-0.3, -0.25) is 19.8 Å². The summed E-state index contributed by atoms with van der Waals surface area (Å²) in [5, 5.41) is 18.9. The standard InChI is InChI=1S/C18H18N4O4S2/c1-10-5-6-12(7-11(10)2)21-17(27)19-20-18(21)28-16-9-14(25-3)13(22(23)24)8-15(16)26-4/h5-9H,1-4H3,(H,19,27). The van der Waals surface area contributed by atoms with Gasteiger partial charge < -0.3 is 9.47 Å². The van der Waals surface area contributed by atoms with Gasteiger partial charge >= 0.3 is 5.69 Å². The Kier molecular flexibility index (Phi) is 5.71. The van der Waals surface area contributed by atoms with Crippen LogP contribution in [0.25, 0.3) is 5.69 Å². The number of methoxy groups -OCH3 is 2. The van der Waals surface area contributed by atoms with Crippen LogP contribution in [0.1, 0.15) is 11.1 Å². The zero-order chi connectivity index (χ0) is 20.4. The molecule has 0 radical (unpaired) electrons. The Labute approximate surface area is 170 Å². The summed E-state index contributed by atoms with van der Waals surface area (Å²) in [7, 11) is 2.84. The fourth-order valence-electron chi connectivity index (χ4n) is 2.62. The van der Waals surface area contributed by atoms with Gasteiger partial charge in [-0.25, -0.2) is 0 Å². The molecule has 10 heteroatoms. The molecule has 0 bridgehead atoms. The van der Waals surface area contributed by atoms with Crippen LogP contribution in [0.2, 0.25) is 0 Å². The first kappa shape index (κ1) is 19.9. The van der Waals surface area contributed by atoms with E-state index in [1.54, 1.807) is 10.6 Å². The fourth-order valence-corrected chi connectivity index (χ4v) is 3.90. The SMILES string of the molecule is COc1cc([N+](=O)[O-])c(OC)cc1Sc1n[nH]c(=S)n1-c1ccc(C)c(C)c1. The van der Waals surface area contributed by atoms with E-state index in [-0.39, 0.29) is 11.4 Å². The van der Waals surface area contributed by atoms with Gasteiger partial charge in [0.2, 0.25) is 4.77 Å². The summed E-state index contributed by atoms with van der Waals surface area (Å²) in [5.74, 6) is 0.484. The van der Waals surface area contributed by atoms with Crippen LogP contribution in [0.4, 0.5) is 5.69 Å². The van der Waals surface area contributed by atoms with Crippen LogP contribution in [-0.4, -0.2) is 33.9 Å². The van der Waals surface area contributed by atoms with Gasteiger partial charge in [-0.15, -0.1) is 5.10 Å². The van der Waals surface area contributed by atoms with Crippen molar-refractivity contribution < 1.29 is 14.4 Å². The highest BCUT2D eigenvalue weighted by Crippen LogP contribution is 2.42. The molecule has 0 aliphatic rings. The highest BCUT2D eigenvalue weighted by atomic mass is 32.2.